The van der Waals surface area contributed by atoms with E-state index in [-0.39, 0.29) is 18.2 Å². The minimum Gasteiger partial charge on any atom is -0.355 e. The van der Waals surface area contributed by atoms with E-state index >= 15 is 0 Å². The van der Waals surface area contributed by atoms with E-state index in [2.05, 4.69) is 15.0 Å². The molecule has 102 valence electrons. The third-order valence-corrected chi connectivity index (χ3v) is 3.17. The summed E-state index contributed by atoms with van der Waals surface area (Å²) in [5, 5.41) is 3.46. The van der Waals surface area contributed by atoms with E-state index in [9.17, 15) is 9.59 Å². The number of hydrogen-bond donors (Lipinski definition) is 1. The van der Waals surface area contributed by atoms with Crippen LogP contribution < -0.4 is 11.2 Å². The molecular weight excluding hydrogens is 250 g/mol. The van der Waals surface area contributed by atoms with Crippen molar-refractivity contribution >= 4 is 0 Å². The number of azide groups is 1. The van der Waals surface area contributed by atoms with Gasteiger partial charge in [0.15, 0.2) is 0 Å². The van der Waals surface area contributed by atoms with Gasteiger partial charge in [0.05, 0.1) is 12.6 Å². The van der Waals surface area contributed by atoms with Crippen LogP contribution in [0.1, 0.15) is 31.6 Å². The van der Waals surface area contributed by atoms with Crippen molar-refractivity contribution < 1.29 is 4.74 Å². The van der Waals surface area contributed by atoms with Crippen molar-refractivity contribution in [2.24, 2.45) is 5.11 Å². The molecular formula is C11H15N5O3. The summed E-state index contributed by atoms with van der Waals surface area (Å²) in [6.07, 6.45) is 2.88. The van der Waals surface area contributed by atoms with E-state index in [1.807, 2.05) is 6.92 Å². The summed E-state index contributed by atoms with van der Waals surface area (Å²) in [4.78, 5) is 28.2. The van der Waals surface area contributed by atoms with Gasteiger partial charge in [0.25, 0.3) is 5.56 Å². The monoisotopic (exact) mass is 265 g/mol. The molecule has 0 radical (unpaired) electrons. The molecule has 1 saturated heterocycles. The second kappa shape index (κ2) is 5.73. The van der Waals surface area contributed by atoms with Gasteiger partial charge in [-0.1, -0.05) is 12.0 Å². The second-order valence-electron chi connectivity index (χ2n) is 4.38. The van der Waals surface area contributed by atoms with Crippen LogP contribution in [-0.4, -0.2) is 22.2 Å². The van der Waals surface area contributed by atoms with Gasteiger partial charge >= 0.3 is 5.69 Å². The maximum absolute atomic E-state index is 11.8. The summed E-state index contributed by atoms with van der Waals surface area (Å²) in [5.41, 5.74) is 7.97. The predicted molar refractivity (Wildman–Crippen MR) is 67.9 cm³/mol. The van der Waals surface area contributed by atoms with Gasteiger partial charge in [0.2, 0.25) is 0 Å². The van der Waals surface area contributed by atoms with Crippen molar-refractivity contribution in [3.8, 4) is 0 Å². The summed E-state index contributed by atoms with van der Waals surface area (Å²) in [7, 11) is 0. The van der Waals surface area contributed by atoms with Gasteiger partial charge in [-0.05, 0) is 24.8 Å². The molecule has 0 amide bonds. The zero-order valence-corrected chi connectivity index (χ0v) is 10.6. The van der Waals surface area contributed by atoms with Gasteiger partial charge in [-0.2, -0.15) is 0 Å². The van der Waals surface area contributed by atoms with Crippen LogP contribution in [0.25, 0.3) is 10.4 Å². The number of aromatic amines is 1. The average molecular weight is 265 g/mol. The lowest BCUT2D eigenvalue weighted by Crippen LogP contribution is -2.34. The summed E-state index contributed by atoms with van der Waals surface area (Å²) >= 11 is 0. The molecule has 0 bridgehead atoms. The molecule has 1 fully saturated rings. The number of ether oxygens (including phenoxy) is 1. The Morgan fingerprint density at radius 3 is 3.05 bits per heavy atom. The molecule has 1 N–H and O–H groups in total. The summed E-state index contributed by atoms with van der Waals surface area (Å²) in [6.45, 7) is 2.10. The normalized spacial score (nSPS) is 22.2. The van der Waals surface area contributed by atoms with E-state index in [1.54, 1.807) is 6.20 Å². The first-order valence-corrected chi connectivity index (χ1v) is 6.16. The molecule has 0 aromatic carbocycles. The van der Waals surface area contributed by atoms with E-state index in [4.69, 9.17) is 10.3 Å². The van der Waals surface area contributed by atoms with Crippen LogP contribution in [0.2, 0.25) is 0 Å². The quantitative estimate of drug-likeness (QED) is 0.499. The highest BCUT2D eigenvalue weighted by Crippen LogP contribution is 2.27. The Labute approximate surface area is 108 Å². The molecule has 0 spiro atoms. The van der Waals surface area contributed by atoms with Crippen LogP contribution in [0.3, 0.4) is 0 Å². The zero-order valence-electron chi connectivity index (χ0n) is 10.6. The number of H-pyrrole nitrogens is 1. The molecule has 2 unspecified atom stereocenters. The van der Waals surface area contributed by atoms with Crippen molar-refractivity contribution in [3.05, 3.63) is 43.0 Å². The lowest BCUT2D eigenvalue weighted by Gasteiger charge is -2.15. The molecule has 8 heteroatoms. The molecule has 19 heavy (non-hydrogen) atoms. The number of nitrogens with one attached hydrogen (secondary N) is 1. The third-order valence-electron chi connectivity index (χ3n) is 3.17. The predicted octanol–water partition coefficient (Wildman–Crippen LogP) is 1.09. The lowest BCUT2D eigenvalue weighted by molar-refractivity contribution is 0.00351. The van der Waals surface area contributed by atoms with Crippen molar-refractivity contribution in [1.29, 1.82) is 0 Å². The molecule has 0 aliphatic carbocycles. The zero-order chi connectivity index (χ0) is 13.8. The van der Waals surface area contributed by atoms with Crippen molar-refractivity contribution in [2.45, 2.75) is 38.5 Å². The Kier molecular flexibility index (Phi) is 4.03. The van der Waals surface area contributed by atoms with Crippen molar-refractivity contribution in [2.75, 3.05) is 6.54 Å². The molecule has 2 rings (SSSR count). The Hall–Kier alpha value is -2.05. The third kappa shape index (κ3) is 2.86. The van der Waals surface area contributed by atoms with Crippen LogP contribution in [0.5, 0.6) is 0 Å². The maximum Gasteiger partial charge on any atom is 0.330 e. The van der Waals surface area contributed by atoms with Gasteiger partial charge in [0, 0.05) is 16.7 Å². The Bertz CT molecular complexity index is 613. The van der Waals surface area contributed by atoms with Crippen LogP contribution in [0, 0.1) is 0 Å². The van der Waals surface area contributed by atoms with Crippen LogP contribution in [0.15, 0.2) is 20.9 Å². The Balaban J connectivity index is 2.22. The molecule has 8 nitrogen and oxygen atoms in total. The second-order valence-corrected chi connectivity index (χ2v) is 4.38. The van der Waals surface area contributed by atoms with Crippen LogP contribution in [0.4, 0.5) is 0 Å². The fraction of sp³-hybridized carbons (Fsp3) is 0.636. The summed E-state index contributed by atoms with van der Waals surface area (Å²) in [5.74, 6) is 0. The van der Waals surface area contributed by atoms with E-state index < -0.39 is 11.9 Å². The molecule has 1 aromatic heterocycles. The number of rotatable bonds is 4. The molecule has 1 aliphatic rings. The van der Waals surface area contributed by atoms with Crippen LogP contribution >= 0.6 is 0 Å². The molecule has 1 aliphatic heterocycles. The van der Waals surface area contributed by atoms with E-state index in [1.165, 1.54) is 4.57 Å². The van der Waals surface area contributed by atoms with Gasteiger partial charge in [0.1, 0.15) is 6.23 Å². The van der Waals surface area contributed by atoms with E-state index in [0.29, 0.717) is 18.4 Å². The van der Waals surface area contributed by atoms with Crippen molar-refractivity contribution in [1.82, 2.24) is 9.55 Å². The standard InChI is InChI=1S/C11H15N5O3/c1-2-7-6-16(11(18)14-10(7)17)9-4-3-8(19-9)5-13-15-12/h6,8-9H,2-5H2,1H3,(H,14,17,18). The fourth-order valence-corrected chi connectivity index (χ4v) is 2.15. The smallest absolute Gasteiger partial charge is 0.330 e. The summed E-state index contributed by atoms with van der Waals surface area (Å²) in [6, 6.07) is 0. The highest BCUT2D eigenvalue weighted by atomic mass is 16.5. The molecule has 0 saturated carbocycles. The number of aromatic nitrogens is 2. The first-order chi connectivity index (χ1) is 9.15. The SMILES string of the molecule is CCc1cn(C2CCC(CN=[N+]=[N-])O2)c(=O)[nH]c1=O. The first-order valence-electron chi connectivity index (χ1n) is 6.16. The lowest BCUT2D eigenvalue weighted by atomic mass is 10.2. The fourth-order valence-electron chi connectivity index (χ4n) is 2.15. The van der Waals surface area contributed by atoms with Gasteiger partial charge in [-0.3, -0.25) is 14.3 Å². The summed E-state index contributed by atoms with van der Waals surface area (Å²) < 4.78 is 7.04. The first kappa shape index (κ1) is 13.4. The van der Waals surface area contributed by atoms with Crippen LogP contribution in [-0.2, 0) is 11.2 Å². The Morgan fingerprint density at radius 1 is 1.58 bits per heavy atom. The van der Waals surface area contributed by atoms with E-state index in [0.717, 1.165) is 6.42 Å². The maximum atomic E-state index is 11.8. The van der Waals surface area contributed by atoms with Gasteiger partial charge in [-0.15, -0.1) is 0 Å². The highest BCUT2D eigenvalue weighted by molar-refractivity contribution is 5.04. The largest absolute Gasteiger partial charge is 0.355 e. The minimum atomic E-state index is -0.475. The molecule has 2 atom stereocenters. The van der Waals surface area contributed by atoms with Gasteiger partial charge in [-0.25, -0.2) is 4.79 Å². The number of hydrogen-bond acceptors (Lipinski definition) is 4. The Morgan fingerprint density at radius 2 is 2.37 bits per heavy atom. The highest BCUT2D eigenvalue weighted by Gasteiger charge is 2.27. The average Bonchev–Trinajstić information content (AvgIpc) is 2.85. The number of nitrogens with zero attached hydrogens (tertiary/aromatic N) is 4. The molecule has 1 aromatic rings. The van der Waals surface area contributed by atoms with Gasteiger partial charge < -0.3 is 4.74 Å². The number of aryl methyl sites for hydroxylation is 1. The minimum absolute atomic E-state index is 0.176. The topological polar surface area (TPSA) is 113 Å². The van der Waals surface area contributed by atoms with Crippen molar-refractivity contribution in [3.63, 3.8) is 0 Å². The molecule has 2 heterocycles.